The SMILES string of the molecule is CC.Cn1c(-c2cn[nH]c2)cc2cc(C#N)ccc21. The summed E-state index contributed by atoms with van der Waals surface area (Å²) in [7, 11) is 2.01. The van der Waals surface area contributed by atoms with Gasteiger partial charge < -0.3 is 4.57 Å². The Balaban J connectivity index is 0.000000637. The van der Waals surface area contributed by atoms with Crippen LogP contribution in [0.5, 0.6) is 0 Å². The maximum Gasteiger partial charge on any atom is 0.0991 e. The van der Waals surface area contributed by atoms with Crippen LogP contribution < -0.4 is 0 Å². The van der Waals surface area contributed by atoms with E-state index in [0.717, 1.165) is 22.2 Å². The molecule has 0 bridgehead atoms. The molecule has 0 fully saturated rings. The van der Waals surface area contributed by atoms with Gasteiger partial charge in [-0.1, -0.05) is 13.8 Å². The highest BCUT2D eigenvalue weighted by Gasteiger charge is 2.08. The van der Waals surface area contributed by atoms with Gasteiger partial charge in [0.15, 0.2) is 0 Å². The molecule has 96 valence electrons. The highest BCUT2D eigenvalue weighted by atomic mass is 15.1. The highest BCUT2D eigenvalue weighted by molar-refractivity contribution is 5.87. The molecular weight excluding hydrogens is 236 g/mol. The van der Waals surface area contributed by atoms with Gasteiger partial charge in [0.25, 0.3) is 0 Å². The number of nitrogens with one attached hydrogen (secondary N) is 1. The summed E-state index contributed by atoms with van der Waals surface area (Å²) in [5.41, 5.74) is 3.92. The molecule has 0 saturated carbocycles. The van der Waals surface area contributed by atoms with Crippen molar-refractivity contribution in [3.63, 3.8) is 0 Å². The fourth-order valence-corrected chi connectivity index (χ4v) is 2.09. The van der Waals surface area contributed by atoms with Gasteiger partial charge in [-0.05, 0) is 24.3 Å². The summed E-state index contributed by atoms with van der Waals surface area (Å²) in [6.45, 7) is 4.00. The monoisotopic (exact) mass is 252 g/mol. The summed E-state index contributed by atoms with van der Waals surface area (Å²) in [6.07, 6.45) is 3.65. The minimum Gasteiger partial charge on any atom is -0.344 e. The first-order chi connectivity index (χ1) is 9.29. The molecule has 0 spiro atoms. The smallest absolute Gasteiger partial charge is 0.0991 e. The summed E-state index contributed by atoms with van der Waals surface area (Å²) in [5, 5.41) is 16.7. The molecule has 1 aromatic carbocycles. The van der Waals surface area contributed by atoms with E-state index in [0.29, 0.717) is 5.56 Å². The van der Waals surface area contributed by atoms with Crippen molar-refractivity contribution in [3.05, 3.63) is 42.2 Å². The van der Waals surface area contributed by atoms with Crippen molar-refractivity contribution in [2.45, 2.75) is 13.8 Å². The molecule has 1 N–H and O–H groups in total. The van der Waals surface area contributed by atoms with E-state index in [1.807, 2.05) is 45.3 Å². The van der Waals surface area contributed by atoms with Crippen LogP contribution in [0, 0.1) is 11.3 Å². The standard InChI is InChI=1S/C13H10N4.C2H6/c1-17-12-3-2-9(6-14)4-10(12)5-13(17)11-7-15-16-8-11;1-2/h2-5,7-8H,1H3,(H,15,16);1-2H3. The van der Waals surface area contributed by atoms with Crippen LogP contribution in [0.4, 0.5) is 0 Å². The Labute approximate surface area is 112 Å². The second-order valence-corrected chi connectivity index (χ2v) is 3.96. The zero-order valence-corrected chi connectivity index (χ0v) is 11.3. The van der Waals surface area contributed by atoms with Crippen LogP contribution >= 0.6 is 0 Å². The van der Waals surface area contributed by atoms with E-state index in [4.69, 9.17) is 5.26 Å². The summed E-state index contributed by atoms with van der Waals surface area (Å²) >= 11 is 0. The molecule has 0 aliphatic rings. The number of aryl methyl sites for hydroxylation is 1. The first-order valence-corrected chi connectivity index (χ1v) is 6.28. The van der Waals surface area contributed by atoms with Gasteiger partial charge in [0, 0.05) is 29.7 Å². The van der Waals surface area contributed by atoms with Gasteiger partial charge in [-0.2, -0.15) is 10.4 Å². The maximum absolute atomic E-state index is 8.89. The Bertz CT molecular complexity index is 715. The lowest BCUT2D eigenvalue weighted by Crippen LogP contribution is -1.89. The third kappa shape index (κ3) is 2.23. The fraction of sp³-hybridized carbons (Fsp3) is 0.200. The molecule has 2 aromatic heterocycles. The number of nitrogens with zero attached hydrogens (tertiary/aromatic N) is 3. The number of benzene rings is 1. The number of hydrogen-bond donors (Lipinski definition) is 1. The molecule has 0 amide bonds. The minimum absolute atomic E-state index is 0.682. The number of aromatic nitrogens is 3. The molecule has 0 atom stereocenters. The van der Waals surface area contributed by atoms with Crippen LogP contribution in [0.15, 0.2) is 36.7 Å². The predicted octanol–water partition coefficient (Wildman–Crippen LogP) is 3.47. The molecular formula is C15H16N4. The minimum atomic E-state index is 0.682. The van der Waals surface area contributed by atoms with E-state index in [1.165, 1.54) is 0 Å². The molecule has 0 radical (unpaired) electrons. The summed E-state index contributed by atoms with van der Waals surface area (Å²) in [4.78, 5) is 0. The van der Waals surface area contributed by atoms with Crippen LogP contribution in [-0.4, -0.2) is 14.8 Å². The van der Waals surface area contributed by atoms with E-state index in [2.05, 4.69) is 26.9 Å². The zero-order valence-electron chi connectivity index (χ0n) is 11.3. The van der Waals surface area contributed by atoms with E-state index in [9.17, 15) is 0 Å². The van der Waals surface area contributed by atoms with Crippen LogP contribution in [0.1, 0.15) is 19.4 Å². The molecule has 0 unspecified atom stereocenters. The Morgan fingerprint density at radius 3 is 2.68 bits per heavy atom. The van der Waals surface area contributed by atoms with Crippen molar-refractivity contribution in [1.29, 1.82) is 5.26 Å². The first-order valence-electron chi connectivity index (χ1n) is 6.28. The molecule has 19 heavy (non-hydrogen) atoms. The van der Waals surface area contributed by atoms with Crippen molar-refractivity contribution >= 4 is 10.9 Å². The molecule has 3 rings (SSSR count). The van der Waals surface area contributed by atoms with Gasteiger partial charge in [-0.15, -0.1) is 0 Å². The molecule has 2 heterocycles. The van der Waals surface area contributed by atoms with Crippen molar-refractivity contribution in [2.75, 3.05) is 0 Å². The second kappa shape index (κ2) is 5.40. The molecule has 0 aliphatic carbocycles. The van der Waals surface area contributed by atoms with E-state index in [-0.39, 0.29) is 0 Å². The predicted molar refractivity (Wildman–Crippen MR) is 76.6 cm³/mol. The van der Waals surface area contributed by atoms with Crippen LogP contribution in [0.3, 0.4) is 0 Å². The molecule has 4 nitrogen and oxygen atoms in total. The molecule has 0 aliphatic heterocycles. The lowest BCUT2D eigenvalue weighted by molar-refractivity contribution is 0.978. The van der Waals surface area contributed by atoms with Gasteiger partial charge in [-0.3, -0.25) is 5.10 Å². The zero-order chi connectivity index (χ0) is 13.8. The summed E-state index contributed by atoms with van der Waals surface area (Å²) < 4.78 is 2.10. The third-order valence-corrected chi connectivity index (χ3v) is 2.97. The average Bonchev–Trinajstić information content (AvgIpc) is 3.09. The van der Waals surface area contributed by atoms with Crippen molar-refractivity contribution < 1.29 is 0 Å². The highest BCUT2D eigenvalue weighted by Crippen LogP contribution is 2.26. The van der Waals surface area contributed by atoms with Crippen LogP contribution in [0.25, 0.3) is 22.2 Å². The average molecular weight is 252 g/mol. The largest absolute Gasteiger partial charge is 0.344 e. The van der Waals surface area contributed by atoms with Gasteiger partial charge in [-0.25, -0.2) is 0 Å². The topological polar surface area (TPSA) is 57.4 Å². The van der Waals surface area contributed by atoms with E-state index >= 15 is 0 Å². The van der Waals surface area contributed by atoms with Crippen molar-refractivity contribution in [2.24, 2.45) is 7.05 Å². The third-order valence-electron chi connectivity index (χ3n) is 2.97. The van der Waals surface area contributed by atoms with Crippen LogP contribution in [-0.2, 0) is 7.05 Å². The molecule has 3 aromatic rings. The molecule has 0 saturated heterocycles. The summed E-state index contributed by atoms with van der Waals surface area (Å²) in [5.74, 6) is 0. The van der Waals surface area contributed by atoms with E-state index < -0.39 is 0 Å². The second-order valence-electron chi connectivity index (χ2n) is 3.96. The van der Waals surface area contributed by atoms with Gasteiger partial charge >= 0.3 is 0 Å². The number of nitriles is 1. The summed E-state index contributed by atoms with van der Waals surface area (Å²) in [6, 6.07) is 9.93. The number of H-pyrrole nitrogens is 1. The number of aromatic amines is 1. The molecule has 4 heteroatoms. The fourth-order valence-electron chi connectivity index (χ4n) is 2.09. The van der Waals surface area contributed by atoms with Gasteiger partial charge in [0.2, 0.25) is 0 Å². The Kier molecular flexibility index (Phi) is 3.67. The van der Waals surface area contributed by atoms with Gasteiger partial charge in [0.05, 0.1) is 23.5 Å². The Morgan fingerprint density at radius 1 is 1.26 bits per heavy atom. The van der Waals surface area contributed by atoms with Crippen molar-refractivity contribution in [1.82, 2.24) is 14.8 Å². The Hall–Kier alpha value is -2.54. The number of hydrogen-bond acceptors (Lipinski definition) is 2. The normalized spacial score (nSPS) is 9.79. The lowest BCUT2D eigenvalue weighted by Gasteiger charge is -2.00. The lowest BCUT2D eigenvalue weighted by atomic mass is 10.1. The quantitative estimate of drug-likeness (QED) is 0.721. The Morgan fingerprint density at radius 2 is 2.05 bits per heavy atom. The van der Waals surface area contributed by atoms with E-state index in [1.54, 1.807) is 6.20 Å². The van der Waals surface area contributed by atoms with Crippen LogP contribution in [0.2, 0.25) is 0 Å². The number of fused-ring (bicyclic) bond motifs is 1. The van der Waals surface area contributed by atoms with Crippen molar-refractivity contribution in [3.8, 4) is 17.3 Å². The first kappa shape index (κ1) is 12.9. The van der Waals surface area contributed by atoms with Gasteiger partial charge in [0.1, 0.15) is 0 Å². The number of rotatable bonds is 1. The maximum atomic E-state index is 8.89.